The predicted octanol–water partition coefficient (Wildman–Crippen LogP) is 1.69. The summed E-state index contributed by atoms with van der Waals surface area (Å²) in [4.78, 5) is 11.8. The minimum absolute atomic E-state index is 0. The van der Waals surface area contributed by atoms with E-state index in [9.17, 15) is 9.18 Å². The van der Waals surface area contributed by atoms with Crippen molar-refractivity contribution in [3.8, 4) is 0 Å². The SMILES string of the molecule is CC(C(=O)NCC1CNC1)c1ccccc1F.Cl. The lowest BCUT2D eigenvalue weighted by Crippen LogP contribution is -2.48. The van der Waals surface area contributed by atoms with Crippen molar-refractivity contribution in [3.63, 3.8) is 0 Å². The number of benzene rings is 1. The lowest BCUT2D eigenvalue weighted by atomic mass is 9.98. The number of rotatable bonds is 4. The molecular formula is C13H18ClFN2O. The molecule has 1 aromatic rings. The molecule has 0 aliphatic carbocycles. The third-order valence-electron chi connectivity index (χ3n) is 3.20. The maximum absolute atomic E-state index is 13.5. The molecule has 1 fully saturated rings. The van der Waals surface area contributed by atoms with E-state index >= 15 is 0 Å². The average molecular weight is 273 g/mol. The van der Waals surface area contributed by atoms with Crippen LogP contribution in [0.2, 0.25) is 0 Å². The first-order chi connectivity index (χ1) is 8.18. The van der Waals surface area contributed by atoms with Gasteiger partial charge in [-0.05, 0) is 18.6 Å². The third-order valence-corrected chi connectivity index (χ3v) is 3.20. The smallest absolute Gasteiger partial charge is 0.227 e. The quantitative estimate of drug-likeness (QED) is 0.876. The minimum atomic E-state index is -0.441. The fourth-order valence-electron chi connectivity index (χ4n) is 1.86. The van der Waals surface area contributed by atoms with Crippen LogP contribution in [0.5, 0.6) is 0 Å². The van der Waals surface area contributed by atoms with Gasteiger partial charge in [0.15, 0.2) is 0 Å². The summed E-state index contributed by atoms with van der Waals surface area (Å²) in [7, 11) is 0. The van der Waals surface area contributed by atoms with Gasteiger partial charge in [-0.3, -0.25) is 4.79 Å². The minimum Gasteiger partial charge on any atom is -0.355 e. The summed E-state index contributed by atoms with van der Waals surface area (Å²) in [6, 6.07) is 6.42. The van der Waals surface area contributed by atoms with Gasteiger partial charge in [-0.25, -0.2) is 4.39 Å². The Labute approximate surface area is 113 Å². The fourth-order valence-corrected chi connectivity index (χ4v) is 1.86. The molecule has 1 atom stereocenters. The van der Waals surface area contributed by atoms with Gasteiger partial charge >= 0.3 is 0 Å². The number of amides is 1. The average Bonchev–Trinajstić information content (AvgIpc) is 2.26. The van der Waals surface area contributed by atoms with E-state index in [1.807, 2.05) is 0 Å². The van der Waals surface area contributed by atoms with Crippen LogP contribution in [0.3, 0.4) is 0 Å². The molecule has 1 aliphatic heterocycles. The number of hydrogen-bond acceptors (Lipinski definition) is 2. The van der Waals surface area contributed by atoms with Gasteiger partial charge in [-0.2, -0.15) is 0 Å². The van der Waals surface area contributed by atoms with Crippen molar-refractivity contribution in [2.45, 2.75) is 12.8 Å². The van der Waals surface area contributed by atoms with Crippen LogP contribution in [-0.2, 0) is 4.79 Å². The van der Waals surface area contributed by atoms with Gasteiger partial charge in [0.05, 0.1) is 5.92 Å². The van der Waals surface area contributed by atoms with Gasteiger partial charge in [0.25, 0.3) is 0 Å². The largest absolute Gasteiger partial charge is 0.355 e. The number of carbonyl (C=O) groups is 1. The standard InChI is InChI=1S/C13H17FN2O.ClH/c1-9(11-4-2-3-5-12(11)14)13(17)16-8-10-6-15-7-10;/h2-5,9-10,15H,6-8H2,1H3,(H,16,17);1H. The second-order valence-electron chi connectivity index (χ2n) is 4.51. The van der Waals surface area contributed by atoms with Crippen LogP contribution in [0.25, 0.3) is 0 Å². The Hall–Kier alpha value is -1.13. The summed E-state index contributed by atoms with van der Waals surface area (Å²) in [5.41, 5.74) is 0.455. The van der Waals surface area contributed by atoms with Gasteiger partial charge in [0.2, 0.25) is 5.91 Å². The Bertz CT molecular complexity index is 410. The van der Waals surface area contributed by atoms with E-state index in [1.165, 1.54) is 6.07 Å². The molecule has 0 saturated carbocycles. The first kappa shape index (κ1) is 14.9. The van der Waals surface area contributed by atoms with E-state index < -0.39 is 5.92 Å². The van der Waals surface area contributed by atoms with Gasteiger partial charge < -0.3 is 10.6 Å². The predicted molar refractivity (Wildman–Crippen MR) is 71.4 cm³/mol. The Balaban J connectivity index is 0.00000162. The maximum Gasteiger partial charge on any atom is 0.227 e. The zero-order valence-corrected chi connectivity index (χ0v) is 11.1. The van der Waals surface area contributed by atoms with Crippen LogP contribution in [0.1, 0.15) is 18.4 Å². The van der Waals surface area contributed by atoms with Crippen molar-refractivity contribution >= 4 is 18.3 Å². The fraction of sp³-hybridized carbons (Fsp3) is 0.462. The molecule has 0 aromatic heterocycles. The van der Waals surface area contributed by atoms with Crippen LogP contribution < -0.4 is 10.6 Å². The Morgan fingerprint density at radius 2 is 2.17 bits per heavy atom. The molecule has 0 radical (unpaired) electrons. The van der Waals surface area contributed by atoms with E-state index in [0.29, 0.717) is 18.0 Å². The molecule has 5 heteroatoms. The van der Waals surface area contributed by atoms with Crippen molar-refractivity contribution in [2.75, 3.05) is 19.6 Å². The van der Waals surface area contributed by atoms with E-state index in [1.54, 1.807) is 25.1 Å². The Morgan fingerprint density at radius 1 is 1.50 bits per heavy atom. The zero-order chi connectivity index (χ0) is 12.3. The Kier molecular flexibility index (Phi) is 5.56. The van der Waals surface area contributed by atoms with Gasteiger partial charge in [0.1, 0.15) is 5.82 Å². The number of nitrogens with one attached hydrogen (secondary N) is 2. The van der Waals surface area contributed by atoms with Gasteiger partial charge in [-0.15, -0.1) is 12.4 Å². The van der Waals surface area contributed by atoms with E-state index in [2.05, 4.69) is 10.6 Å². The van der Waals surface area contributed by atoms with Crippen LogP contribution in [0.4, 0.5) is 4.39 Å². The third kappa shape index (κ3) is 3.43. The summed E-state index contributed by atoms with van der Waals surface area (Å²) in [6.45, 7) is 4.31. The lowest BCUT2D eigenvalue weighted by molar-refractivity contribution is -0.122. The van der Waals surface area contributed by atoms with Crippen molar-refractivity contribution in [3.05, 3.63) is 35.6 Å². The highest BCUT2D eigenvalue weighted by molar-refractivity contribution is 5.85. The molecule has 100 valence electrons. The summed E-state index contributed by atoms with van der Waals surface area (Å²) < 4.78 is 13.5. The van der Waals surface area contributed by atoms with Gasteiger partial charge in [0, 0.05) is 25.6 Å². The molecule has 0 bridgehead atoms. The maximum atomic E-state index is 13.5. The van der Waals surface area contributed by atoms with E-state index in [-0.39, 0.29) is 24.1 Å². The molecule has 1 aromatic carbocycles. The van der Waals surface area contributed by atoms with E-state index in [0.717, 1.165) is 13.1 Å². The molecule has 1 heterocycles. The molecule has 0 spiro atoms. The first-order valence-electron chi connectivity index (χ1n) is 5.91. The van der Waals surface area contributed by atoms with Crippen molar-refractivity contribution in [2.24, 2.45) is 5.92 Å². The number of halogens is 2. The molecule has 1 amide bonds. The molecule has 3 nitrogen and oxygen atoms in total. The lowest BCUT2D eigenvalue weighted by Gasteiger charge is -2.27. The number of hydrogen-bond donors (Lipinski definition) is 2. The highest BCUT2D eigenvalue weighted by Crippen LogP contribution is 2.18. The van der Waals surface area contributed by atoms with Gasteiger partial charge in [-0.1, -0.05) is 18.2 Å². The molecule has 2 N–H and O–H groups in total. The molecule has 18 heavy (non-hydrogen) atoms. The summed E-state index contributed by atoms with van der Waals surface area (Å²) in [6.07, 6.45) is 0. The highest BCUT2D eigenvalue weighted by atomic mass is 35.5. The Morgan fingerprint density at radius 3 is 2.72 bits per heavy atom. The zero-order valence-electron chi connectivity index (χ0n) is 10.3. The van der Waals surface area contributed by atoms with Crippen LogP contribution >= 0.6 is 12.4 Å². The van der Waals surface area contributed by atoms with Crippen LogP contribution in [-0.4, -0.2) is 25.5 Å². The molecule has 2 rings (SSSR count). The summed E-state index contributed by atoms with van der Waals surface area (Å²) >= 11 is 0. The summed E-state index contributed by atoms with van der Waals surface area (Å²) in [5, 5.41) is 6.01. The van der Waals surface area contributed by atoms with Crippen molar-refractivity contribution in [1.29, 1.82) is 0 Å². The topological polar surface area (TPSA) is 41.1 Å². The highest BCUT2D eigenvalue weighted by Gasteiger charge is 2.21. The van der Waals surface area contributed by atoms with Crippen molar-refractivity contribution in [1.82, 2.24) is 10.6 Å². The van der Waals surface area contributed by atoms with E-state index in [4.69, 9.17) is 0 Å². The normalized spacial score (nSPS) is 16.3. The van der Waals surface area contributed by atoms with Crippen molar-refractivity contribution < 1.29 is 9.18 Å². The molecule has 1 saturated heterocycles. The second-order valence-corrected chi connectivity index (χ2v) is 4.51. The molecule has 1 aliphatic rings. The van der Waals surface area contributed by atoms with Crippen LogP contribution in [0, 0.1) is 11.7 Å². The number of carbonyl (C=O) groups excluding carboxylic acids is 1. The molecular weight excluding hydrogens is 255 g/mol. The second kappa shape index (κ2) is 6.71. The monoisotopic (exact) mass is 272 g/mol. The molecule has 1 unspecified atom stereocenters. The first-order valence-corrected chi connectivity index (χ1v) is 5.91. The summed E-state index contributed by atoms with van der Waals surface area (Å²) in [5.74, 6) is -0.349. The van der Waals surface area contributed by atoms with Crippen LogP contribution in [0.15, 0.2) is 24.3 Å².